The van der Waals surface area contributed by atoms with Crippen molar-refractivity contribution in [2.45, 2.75) is 32.6 Å². The number of hydrogen-bond donors (Lipinski definition) is 0. The van der Waals surface area contributed by atoms with Gasteiger partial charge >= 0.3 is 0 Å². The molecule has 1 aromatic heterocycles. The molecule has 0 atom stereocenters. The van der Waals surface area contributed by atoms with E-state index in [2.05, 4.69) is 4.98 Å². The molecule has 0 unspecified atom stereocenters. The summed E-state index contributed by atoms with van der Waals surface area (Å²) in [6.45, 7) is 2.27. The Kier molecular flexibility index (Phi) is 3.54. The summed E-state index contributed by atoms with van der Waals surface area (Å²) in [6.07, 6.45) is 6.76. The molecule has 1 aliphatic carbocycles. The van der Waals surface area contributed by atoms with E-state index < -0.39 is 0 Å². The molecule has 0 spiro atoms. The summed E-state index contributed by atoms with van der Waals surface area (Å²) in [7, 11) is 0. The van der Waals surface area contributed by atoms with Crippen LogP contribution in [0.3, 0.4) is 0 Å². The zero-order valence-electron chi connectivity index (χ0n) is 9.61. The first-order valence-electron chi connectivity index (χ1n) is 5.85. The van der Waals surface area contributed by atoms with Gasteiger partial charge in [-0.25, -0.2) is 4.98 Å². The monoisotopic (exact) mass is 219 g/mol. The van der Waals surface area contributed by atoms with Gasteiger partial charge in [-0.05, 0) is 25.3 Å². The van der Waals surface area contributed by atoms with E-state index in [1.807, 2.05) is 0 Å². The van der Waals surface area contributed by atoms with E-state index in [4.69, 9.17) is 4.74 Å². The third-order valence-corrected chi connectivity index (χ3v) is 3.14. The number of carbonyl (C=O) groups excluding carboxylic acids is 1. The van der Waals surface area contributed by atoms with Crippen LogP contribution < -0.4 is 4.74 Å². The van der Waals surface area contributed by atoms with E-state index in [1.165, 1.54) is 26.2 Å². The normalized spacial score (nSPS) is 15.6. The Labute approximate surface area is 95.8 Å². The summed E-state index contributed by atoms with van der Waals surface area (Å²) >= 11 is 0. The predicted molar refractivity (Wildman–Crippen MR) is 61.7 cm³/mol. The van der Waals surface area contributed by atoms with Crippen molar-refractivity contribution in [2.75, 3.05) is 6.61 Å². The smallest absolute Gasteiger partial charge is 0.213 e. The minimum absolute atomic E-state index is 0.0357. The first-order chi connectivity index (χ1) is 7.75. The number of aromatic nitrogens is 1. The van der Waals surface area contributed by atoms with Crippen LogP contribution in [0.25, 0.3) is 0 Å². The number of ketones is 1. The molecule has 3 nitrogen and oxygen atoms in total. The van der Waals surface area contributed by atoms with Crippen LogP contribution in [0.5, 0.6) is 5.88 Å². The fourth-order valence-corrected chi connectivity index (χ4v) is 1.79. The van der Waals surface area contributed by atoms with Crippen molar-refractivity contribution in [3.63, 3.8) is 0 Å². The quantitative estimate of drug-likeness (QED) is 0.715. The van der Waals surface area contributed by atoms with E-state index in [0.717, 1.165) is 18.9 Å². The first-order valence-corrected chi connectivity index (χ1v) is 5.85. The maximum absolute atomic E-state index is 11.0. The average molecular weight is 219 g/mol. The van der Waals surface area contributed by atoms with Gasteiger partial charge < -0.3 is 4.74 Å². The minimum atomic E-state index is 0.0357. The predicted octanol–water partition coefficient (Wildman–Crippen LogP) is 2.85. The molecule has 0 bridgehead atoms. The van der Waals surface area contributed by atoms with Crippen molar-refractivity contribution in [3.8, 4) is 5.88 Å². The van der Waals surface area contributed by atoms with Crippen molar-refractivity contribution in [3.05, 3.63) is 23.9 Å². The highest BCUT2D eigenvalue weighted by molar-refractivity contribution is 5.93. The van der Waals surface area contributed by atoms with Gasteiger partial charge in [0.15, 0.2) is 5.78 Å². The number of hydrogen-bond acceptors (Lipinski definition) is 3. The second-order valence-corrected chi connectivity index (χ2v) is 4.38. The van der Waals surface area contributed by atoms with Crippen molar-refractivity contribution in [1.82, 2.24) is 4.98 Å². The van der Waals surface area contributed by atoms with Crippen LogP contribution in [0.1, 0.15) is 43.0 Å². The average Bonchev–Trinajstić information content (AvgIpc) is 2.22. The molecule has 1 aromatic rings. The molecule has 1 saturated carbocycles. The van der Waals surface area contributed by atoms with Gasteiger partial charge in [-0.3, -0.25) is 4.79 Å². The van der Waals surface area contributed by atoms with Crippen molar-refractivity contribution >= 4 is 5.78 Å². The second kappa shape index (κ2) is 5.10. The lowest BCUT2D eigenvalue weighted by atomic mass is 9.83. The molecule has 16 heavy (non-hydrogen) atoms. The lowest BCUT2D eigenvalue weighted by Gasteiger charge is -2.24. The van der Waals surface area contributed by atoms with Gasteiger partial charge in [-0.1, -0.05) is 19.3 Å². The Balaban J connectivity index is 1.78. The summed E-state index contributed by atoms with van der Waals surface area (Å²) in [6, 6.07) is 3.52. The molecular weight excluding hydrogens is 202 g/mol. The van der Waals surface area contributed by atoms with E-state index in [9.17, 15) is 4.79 Å². The molecule has 0 aromatic carbocycles. The summed E-state index contributed by atoms with van der Waals surface area (Å²) in [5.41, 5.74) is 0.631. The molecule has 86 valence electrons. The largest absolute Gasteiger partial charge is 0.478 e. The topological polar surface area (TPSA) is 39.2 Å². The van der Waals surface area contributed by atoms with E-state index in [1.54, 1.807) is 18.3 Å². The highest BCUT2D eigenvalue weighted by atomic mass is 16.5. The van der Waals surface area contributed by atoms with Crippen LogP contribution in [0.4, 0.5) is 0 Å². The van der Waals surface area contributed by atoms with Crippen molar-refractivity contribution < 1.29 is 9.53 Å². The fourth-order valence-electron chi connectivity index (χ4n) is 1.79. The number of Topliss-reactive ketones (excluding diaryl/α,β-unsaturated/α-hetero) is 1. The molecule has 0 radical (unpaired) electrons. The van der Waals surface area contributed by atoms with Gasteiger partial charge in [0, 0.05) is 17.8 Å². The van der Waals surface area contributed by atoms with Crippen LogP contribution in [0.15, 0.2) is 18.3 Å². The van der Waals surface area contributed by atoms with Gasteiger partial charge in [0.2, 0.25) is 5.88 Å². The van der Waals surface area contributed by atoms with Crippen LogP contribution in [-0.4, -0.2) is 17.4 Å². The third-order valence-electron chi connectivity index (χ3n) is 3.14. The first kappa shape index (κ1) is 11.1. The molecule has 0 N–H and O–H groups in total. The van der Waals surface area contributed by atoms with Crippen molar-refractivity contribution in [2.24, 2.45) is 5.92 Å². The standard InChI is InChI=1S/C13H17NO2/c1-10(15)12-5-6-13(14-9-12)16-8-7-11-3-2-4-11/h5-6,9,11H,2-4,7-8H2,1H3. The molecule has 0 saturated heterocycles. The number of rotatable bonds is 5. The molecule has 3 heteroatoms. The third kappa shape index (κ3) is 2.81. The van der Waals surface area contributed by atoms with E-state index in [0.29, 0.717) is 11.4 Å². The number of nitrogens with zero attached hydrogens (tertiary/aromatic N) is 1. The Morgan fingerprint density at radius 3 is 2.81 bits per heavy atom. The van der Waals surface area contributed by atoms with Gasteiger partial charge in [-0.2, -0.15) is 0 Å². The summed E-state index contributed by atoms with van der Waals surface area (Å²) in [5, 5.41) is 0. The number of pyridine rings is 1. The molecule has 0 aliphatic heterocycles. The van der Waals surface area contributed by atoms with E-state index in [-0.39, 0.29) is 5.78 Å². The van der Waals surface area contributed by atoms with Crippen LogP contribution in [0, 0.1) is 5.92 Å². The Hall–Kier alpha value is -1.38. The lowest BCUT2D eigenvalue weighted by molar-refractivity contribution is 0.101. The van der Waals surface area contributed by atoms with Crippen molar-refractivity contribution in [1.29, 1.82) is 0 Å². The lowest BCUT2D eigenvalue weighted by Crippen LogP contribution is -2.14. The summed E-state index contributed by atoms with van der Waals surface area (Å²) in [5.74, 6) is 1.51. The SMILES string of the molecule is CC(=O)c1ccc(OCCC2CCC2)nc1. The van der Waals surface area contributed by atoms with Gasteiger partial charge in [0.05, 0.1) is 6.61 Å². The maximum Gasteiger partial charge on any atom is 0.213 e. The molecule has 0 amide bonds. The fraction of sp³-hybridized carbons (Fsp3) is 0.538. The minimum Gasteiger partial charge on any atom is -0.478 e. The Bertz CT molecular complexity index is 355. The zero-order valence-corrected chi connectivity index (χ0v) is 9.61. The molecular formula is C13H17NO2. The van der Waals surface area contributed by atoms with Crippen LogP contribution >= 0.6 is 0 Å². The molecule has 1 aliphatic rings. The molecule has 1 heterocycles. The summed E-state index contributed by atoms with van der Waals surface area (Å²) < 4.78 is 5.52. The molecule has 1 fully saturated rings. The second-order valence-electron chi connectivity index (χ2n) is 4.38. The number of carbonyl (C=O) groups is 1. The van der Waals surface area contributed by atoms with E-state index >= 15 is 0 Å². The highest BCUT2D eigenvalue weighted by Gasteiger charge is 2.16. The zero-order chi connectivity index (χ0) is 11.4. The molecule has 2 rings (SSSR count). The Morgan fingerprint density at radius 2 is 2.31 bits per heavy atom. The maximum atomic E-state index is 11.0. The highest BCUT2D eigenvalue weighted by Crippen LogP contribution is 2.29. The van der Waals surface area contributed by atoms with Gasteiger partial charge in [0.25, 0.3) is 0 Å². The van der Waals surface area contributed by atoms with Crippen LogP contribution in [-0.2, 0) is 0 Å². The Morgan fingerprint density at radius 1 is 1.50 bits per heavy atom. The number of ether oxygens (including phenoxy) is 1. The van der Waals surface area contributed by atoms with Gasteiger partial charge in [0.1, 0.15) is 0 Å². The summed E-state index contributed by atoms with van der Waals surface area (Å²) in [4.78, 5) is 15.1. The van der Waals surface area contributed by atoms with Gasteiger partial charge in [-0.15, -0.1) is 0 Å². The van der Waals surface area contributed by atoms with Crippen LogP contribution in [0.2, 0.25) is 0 Å².